The quantitative estimate of drug-likeness (QED) is 0.558. The molecule has 2 aromatic heterocycles. The predicted molar refractivity (Wildman–Crippen MR) is 79.5 cm³/mol. The first-order valence-corrected chi connectivity index (χ1v) is 6.51. The Bertz CT molecular complexity index is 739. The first-order chi connectivity index (χ1) is 10.3. The number of rotatable bonds is 4. The molecule has 3 rings (SSSR count). The van der Waals surface area contributed by atoms with E-state index in [1.165, 1.54) is 0 Å². The first kappa shape index (κ1) is 13.4. The molecule has 0 saturated carbocycles. The minimum absolute atomic E-state index is 0.290. The highest BCUT2D eigenvalue weighted by atomic mass is 16.5. The van der Waals surface area contributed by atoms with Gasteiger partial charge in [-0.15, -0.1) is 10.2 Å². The maximum Gasteiger partial charge on any atom is 0.233 e. The third-order valence-corrected chi connectivity index (χ3v) is 3.31. The largest absolute Gasteiger partial charge is 0.480 e. The number of hydrogen-bond acceptors (Lipinski definition) is 6. The summed E-state index contributed by atoms with van der Waals surface area (Å²) in [6.07, 6.45) is 1.76. The Morgan fingerprint density at radius 1 is 1.10 bits per heavy atom. The number of hydrogen-bond donors (Lipinski definition) is 2. The van der Waals surface area contributed by atoms with Gasteiger partial charge in [0.25, 0.3) is 0 Å². The lowest BCUT2D eigenvalue weighted by atomic mass is 10.0. The smallest absolute Gasteiger partial charge is 0.233 e. The molecule has 6 nitrogen and oxygen atoms in total. The molecule has 0 aliphatic carbocycles. The van der Waals surface area contributed by atoms with Crippen LogP contribution in [0.25, 0.3) is 10.9 Å². The summed E-state index contributed by atoms with van der Waals surface area (Å²) in [5, 5.41) is 9.19. The fourth-order valence-corrected chi connectivity index (χ4v) is 2.29. The molecule has 0 spiro atoms. The Balaban J connectivity index is 2.09. The summed E-state index contributed by atoms with van der Waals surface area (Å²) in [5.74, 6) is 6.19. The molecule has 0 saturated heterocycles. The third-order valence-electron chi connectivity index (χ3n) is 3.31. The highest BCUT2D eigenvalue weighted by Crippen LogP contribution is 2.26. The third kappa shape index (κ3) is 2.54. The zero-order valence-electron chi connectivity index (χ0n) is 11.5. The van der Waals surface area contributed by atoms with Crippen molar-refractivity contribution in [1.29, 1.82) is 0 Å². The molecular weight excluding hydrogens is 266 g/mol. The maximum atomic E-state index is 5.72. The number of methoxy groups -OCH3 is 1. The van der Waals surface area contributed by atoms with E-state index in [0.29, 0.717) is 11.6 Å². The number of benzene rings is 1. The van der Waals surface area contributed by atoms with Crippen molar-refractivity contribution in [2.75, 3.05) is 7.11 Å². The summed E-state index contributed by atoms with van der Waals surface area (Å²) < 4.78 is 5.02. The Labute approximate surface area is 122 Å². The van der Waals surface area contributed by atoms with E-state index in [9.17, 15) is 0 Å². The number of fused-ring (bicyclic) bond motifs is 1. The summed E-state index contributed by atoms with van der Waals surface area (Å²) in [6.45, 7) is 0. The van der Waals surface area contributed by atoms with Gasteiger partial charge in [-0.1, -0.05) is 24.3 Å². The van der Waals surface area contributed by atoms with Crippen LogP contribution in [0.1, 0.15) is 17.3 Å². The monoisotopic (exact) mass is 281 g/mol. The average molecular weight is 281 g/mol. The van der Waals surface area contributed by atoms with Crippen molar-refractivity contribution >= 4 is 10.9 Å². The van der Waals surface area contributed by atoms with Crippen LogP contribution in [-0.2, 0) is 0 Å². The van der Waals surface area contributed by atoms with Gasteiger partial charge in [0.2, 0.25) is 5.88 Å². The minimum atomic E-state index is -0.290. The van der Waals surface area contributed by atoms with Gasteiger partial charge in [-0.25, -0.2) is 5.43 Å². The van der Waals surface area contributed by atoms with Crippen molar-refractivity contribution in [1.82, 2.24) is 20.6 Å². The molecule has 6 heteroatoms. The van der Waals surface area contributed by atoms with Gasteiger partial charge < -0.3 is 4.74 Å². The molecule has 3 N–H and O–H groups in total. The Morgan fingerprint density at radius 3 is 2.67 bits per heavy atom. The van der Waals surface area contributed by atoms with Crippen LogP contribution in [-0.4, -0.2) is 22.3 Å². The summed E-state index contributed by atoms with van der Waals surface area (Å²) >= 11 is 0. The van der Waals surface area contributed by atoms with E-state index in [4.69, 9.17) is 10.6 Å². The summed E-state index contributed by atoms with van der Waals surface area (Å²) in [4.78, 5) is 4.44. The number of aromatic nitrogens is 3. The van der Waals surface area contributed by atoms with Gasteiger partial charge in [0, 0.05) is 23.2 Å². The van der Waals surface area contributed by atoms with Gasteiger partial charge in [-0.05, 0) is 12.1 Å². The summed E-state index contributed by atoms with van der Waals surface area (Å²) in [6, 6.07) is 13.2. The predicted octanol–water partition coefficient (Wildman–Crippen LogP) is 1.59. The molecule has 106 valence electrons. The number of pyridine rings is 1. The minimum Gasteiger partial charge on any atom is -0.480 e. The molecule has 2 heterocycles. The highest BCUT2D eigenvalue weighted by molar-refractivity contribution is 5.82. The van der Waals surface area contributed by atoms with Gasteiger partial charge in [0.05, 0.1) is 24.4 Å². The van der Waals surface area contributed by atoms with E-state index in [0.717, 1.165) is 16.5 Å². The standard InChI is InChI=1S/C15H15N5O/c1-21-13-8-7-12(19-20-13)15(18-16)11-6-2-4-10-5-3-9-17-14(10)11/h2-9,15,18H,16H2,1H3. The molecule has 0 aliphatic heterocycles. The second-order valence-electron chi connectivity index (χ2n) is 4.52. The molecule has 0 aliphatic rings. The molecule has 0 bridgehead atoms. The van der Waals surface area contributed by atoms with Crippen LogP contribution in [0.2, 0.25) is 0 Å². The van der Waals surface area contributed by atoms with Gasteiger partial charge in [-0.2, -0.15) is 0 Å². The van der Waals surface area contributed by atoms with E-state index in [2.05, 4.69) is 20.6 Å². The lowest BCUT2D eigenvalue weighted by molar-refractivity contribution is 0.390. The van der Waals surface area contributed by atoms with E-state index in [-0.39, 0.29) is 6.04 Å². The molecule has 1 aromatic carbocycles. The number of nitrogens with one attached hydrogen (secondary N) is 1. The first-order valence-electron chi connectivity index (χ1n) is 6.51. The molecule has 0 fully saturated rings. The van der Waals surface area contributed by atoms with Crippen LogP contribution < -0.4 is 16.0 Å². The summed E-state index contributed by atoms with van der Waals surface area (Å²) in [7, 11) is 1.55. The van der Waals surface area contributed by atoms with Crippen molar-refractivity contribution in [2.24, 2.45) is 5.84 Å². The van der Waals surface area contributed by atoms with Crippen LogP contribution >= 0.6 is 0 Å². The van der Waals surface area contributed by atoms with Crippen LogP contribution in [0.4, 0.5) is 0 Å². The van der Waals surface area contributed by atoms with Crippen molar-refractivity contribution < 1.29 is 4.74 Å². The zero-order valence-corrected chi connectivity index (χ0v) is 11.5. The number of para-hydroxylation sites is 1. The number of nitrogens with zero attached hydrogens (tertiary/aromatic N) is 3. The average Bonchev–Trinajstić information content (AvgIpc) is 2.56. The molecule has 1 unspecified atom stereocenters. The fourth-order valence-electron chi connectivity index (χ4n) is 2.29. The van der Waals surface area contributed by atoms with Crippen LogP contribution in [0.15, 0.2) is 48.7 Å². The second kappa shape index (κ2) is 5.82. The molecule has 1 atom stereocenters. The number of nitrogens with two attached hydrogens (primary N) is 1. The van der Waals surface area contributed by atoms with Gasteiger partial charge >= 0.3 is 0 Å². The van der Waals surface area contributed by atoms with Gasteiger partial charge in [0.15, 0.2) is 0 Å². The maximum absolute atomic E-state index is 5.72. The van der Waals surface area contributed by atoms with Crippen LogP contribution in [0.5, 0.6) is 5.88 Å². The molecular formula is C15H15N5O. The molecule has 3 aromatic rings. The Hall–Kier alpha value is -2.57. The van der Waals surface area contributed by atoms with Crippen LogP contribution in [0, 0.1) is 0 Å². The molecule has 0 radical (unpaired) electrons. The van der Waals surface area contributed by atoms with E-state index in [1.807, 2.05) is 36.4 Å². The Kier molecular flexibility index (Phi) is 3.72. The normalized spacial score (nSPS) is 12.3. The van der Waals surface area contributed by atoms with Crippen molar-refractivity contribution in [2.45, 2.75) is 6.04 Å². The number of hydrazine groups is 1. The Morgan fingerprint density at radius 2 is 1.95 bits per heavy atom. The van der Waals surface area contributed by atoms with Crippen molar-refractivity contribution in [3.8, 4) is 5.88 Å². The van der Waals surface area contributed by atoms with Crippen molar-refractivity contribution in [3.05, 3.63) is 59.9 Å². The molecule has 21 heavy (non-hydrogen) atoms. The van der Waals surface area contributed by atoms with E-state index >= 15 is 0 Å². The lowest BCUT2D eigenvalue weighted by Crippen LogP contribution is -2.30. The fraction of sp³-hybridized carbons (Fsp3) is 0.133. The van der Waals surface area contributed by atoms with E-state index in [1.54, 1.807) is 19.4 Å². The summed E-state index contributed by atoms with van der Waals surface area (Å²) in [5.41, 5.74) is 5.33. The zero-order chi connectivity index (χ0) is 14.7. The van der Waals surface area contributed by atoms with Crippen molar-refractivity contribution in [3.63, 3.8) is 0 Å². The highest BCUT2D eigenvalue weighted by Gasteiger charge is 2.17. The van der Waals surface area contributed by atoms with Gasteiger partial charge in [0.1, 0.15) is 0 Å². The molecule has 0 amide bonds. The van der Waals surface area contributed by atoms with E-state index < -0.39 is 0 Å². The van der Waals surface area contributed by atoms with Crippen LogP contribution in [0.3, 0.4) is 0 Å². The number of ether oxygens (including phenoxy) is 1. The lowest BCUT2D eigenvalue weighted by Gasteiger charge is -2.17. The SMILES string of the molecule is COc1ccc(C(NN)c2cccc3cccnc23)nn1. The van der Waals surface area contributed by atoms with Gasteiger partial charge in [-0.3, -0.25) is 10.8 Å². The topological polar surface area (TPSA) is 86.0 Å². The second-order valence-corrected chi connectivity index (χ2v) is 4.52.